The second-order valence-electron chi connectivity index (χ2n) is 4.63. The molecular weight excluding hydrogens is 340 g/mol. The van der Waals surface area contributed by atoms with Crippen molar-refractivity contribution in [1.82, 2.24) is 9.97 Å². The fraction of sp³-hybridized carbons (Fsp3) is 0.286. The largest absolute Gasteiger partial charge is 0.373 e. The number of nitrogens with zero attached hydrogens (tertiary/aromatic N) is 2. The predicted molar refractivity (Wildman–Crippen MR) is 88.1 cm³/mol. The number of anilines is 3. The predicted octanol–water partition coefficient (Wildman–Crippen LogP) is 4.80. The van der Waals surface area contributed by atoms with Crippen LogP contribution in [-0.4, -0.2) is 17.0 Å². The van der Waals surface area contributed by atoms with Crippen LogP contribution in [0.5, 0.6) is 0 Å². The van der Waals surface area contributed by atoms with Crippen molar-refractivity contribution < 1.29 is 0 Å². The summed E-state index contributed by atoms with van der Waals surface area (Å²) in [4.78, 5) is 8.95. The molecule has 1 aromatic heterocycles. The van der Waals surface area contributed by atoms with Gasteiger partial charge in [0.2, 0.25) is 0 Å². The lowest BCUT2D eigenvalue weighted by molar-refractivity contribution is 0.778. The van der Waals surface area contributed by atoms with Gasteiger partial charge in [-0.1, -0.05) is 31.5 Å². The Labute approximate surface area is 132 Å². The van der Waals surface area contributed by atoms with Crippen molar-refractivity contribution in [2.24, 2.45) is 0 Å². The second-order valence-corrected chi connectivity index (χ2v) is 5.83. The van der Waals surface area contributed by atoms with Gasteiger partial charge in [0.1, 0.15) is 17.5 Å². The molecule has 0 spiro atoms. The van der Waals surface area contributed by atoms with Gasteiger partial charge < -0.3 is 10.6 Å². The maximum Gasteiger partial charge on any atom is 0.136 e. The van der Waals surface area contributed by atoms with E-state index < -0.39 is 0 Å². The maximum absolute atomic E-state index is 6.09. The Morgan fingerprint density at radius 2 is 1.90 bits per heavy atom. The number of nitrogens with one attached hydrogen (secondary N) is 2. The van der Waals surface area contributed by atoms with Crippen molar-refractivity contribution in [3.8, 4) is 0 Å². The van der Waals surface area contributed by atoms with Crippen LogP contribution in [0.2, 0.25) is 5.02 Å². The molecule has 0 fully saturated rings. The van der Waals surface area contributed by atoms with Crippen molar-refractivity contribution in [2.45, 2.75) is 19.8 Å². The van der Waals surface area contributed by atoms with Gasteiger partial charge in [0.25, 0.3) is 0 Å². The van der Waals surface area contributed by atoms with E-state index in [-0.39, 0.29) is 5.92 Å². The van der Waals surface area contributed by atoms with Crippen LogP contribution in [-0.2, 0) is 0 Å². The molecule has 0 aliphatic carbocycles. The van der Waals surface area contributed by atoms with Crippen LogP contribution in [0.4, 0.5) is 17.3 Å². The number of benzene rings is 1. The Hall–Kier alpha value is -1.33. The lowest BCUT2D eigenvalue weighted by Crippen LogP contribution is -2.05. The zero-order valence-corrected chi connectivity index (χ0v) is 13.9. The molecular formula is C14H16BrClN4. The number of hydrogen-bond acceptors (Lipinski definition) is 4. The molecule has 2 aromatic rings. The minimum Gasteiger partial charge on any atom is -0.373 e. The fourth-order valence-electron chi connectivity index (χ4n) is 1.65. The third-order valence-electron chi connectivity index (χ3n) is 2.73. The summed E-state index contributed by atoms with van der Waals surface area (Å²) < 4.78 is 0.817. The first-order valence-corrected chi connectivity index (χ1v) is 7.46. The van der Waals surface area contributed by atoms with Crippen LogP contribution in [0.3, 0.4) is 0 Å². The van der Waals surface area contributed by atoms with E-state index in [1.54, 1.807) is 0 Å². The minimum absolute atomic E-state index is 0.256. The summed E-state index contributed by atoms with van der Waals surface area (Å²) in [5.41, 5.74) is 0.868. The highest BCUT2D eigenvalue weighted by Crippen LogP contribution is 2.32. The standard InChI is InChI=1S/C14H16BrClN4/c1-8(2)14-19-11(17-3)7-12(20-14)18-10-6-4-5-9(16)13(10)15/h4-8H,1-3H3,(H2,17,18,19,20). The highest BCUT2D eigenvalue weighted by molar-refractivity contribution is 9.10. The Morgan fingerprint density at radius 3 is 2.55 bits per heavy atom. The summed E-state index contributed by atoms with van der Waals surface area (Å²) in [6, 6.07) is 7.51. The normalized spacial score (nSPS) is 10.7. The van der Waals surface area contributed by atoms with E-state index in [1.807, 2.05) is 31.3 Å². The smallest absolute Gasteiger partial charge is 0.136 e. The summed E-state index contributed by atoms with van der Waals surface area (Å²) >= 11 is 9.56. The Bertz CT molecular complexity index is 616. The van der Waals surface area contributed by atoms with Gasteiger partial charge in [-0.2, -0.15) is 0 Å². The molecule has 0 unspecified atom stereocenters. The third-order valence-corrected chi connectivity index (χ3v) is 4.13. The topological polar surface area (TPSA) is 49.8 Å². The Balaban J connectivity index is 2.37. The molecule has 106 valence electrons. The van der Waals surface area contributed by atoms with Gasteiger partial charge in [0.05, 0.1) is 15.2 Å². The molecule has 0 saturated carbocycles. The highest BCUT2D eigenvalue weighted by atomic mass is 79.9. The van der Waals surface area contributed by atoms with Crippen molar-refractivity contribution in [3.63, 3.8) is 0 Å². The third kappa shape index (κ3) is 3.41. The number of rotatable bonds is 4. The van der Waals surface area contributed by atoms with Crippen LogP contribution < -0.4 is 10.6 Å². The second kappa shape index (κ2) is 6.41. The van der Waals surface area contributed by atoms with Crippen molar-refractivity contribution in [3.05, 3.63) is 39.6 Å². The fourth-order valence-corrected chi connectivity index (χ4v) is 2.19. The van der Waals surface area contributed by atoms with Crippen molar-refractivity contribution >= 4 is 44.9 Å². The number of halogens is 2. The Kier molecular flexibility index (Phi) is 4.83. The highest BCUT2D eigenvalue weighted by Gasteiger charge is 2.09. The first-order chi connectivity index (χ1) is 9.51. The van der Waals surface area contributed by atoms with Gasteiger partial charge in [-0.05, 0) is 28.1 Å². The molecule has 0 aliphatic rings. The summed E-state index contributed by atoms with van der Waals surface area (Å²) in [7, 11) is 1.84. The molecule has 0 aliphatic heterocycles. The Morgan fingerprint density at radius 1 is 1.20 bits per heavy atom. The number of hydrogen-bond donors (Lipinski definition) is 2. The first-order valence-electron chi connectivity index (χ1n) is 6.29. The molecule has 4 nitrogen and oxygen atoms in total. The van der Waals surface area contributed by atoms with Gasteiger partial charge in [0, 0.05) is 19.0 Å². The van der Waals surface area contributed by atoms with E-state index in [1.165, 1.54) is 0 Å². The van der Waals surface area contributed by atoms with E-state index in [0.29, 0.717) is 5.02 Å². The van der Waals surface area contributed by atoms with Gasteiger partial charge in [0.15, 0.2) is 0 Å². The molecule has 6 heteroatoms. The van der Waals surface area contributed by atoms with Crippen LogP contribution in [0.15, 0.2) is 28.7 Å². The van der Waals surface area contributed by atoms with Gasteiger partial charge in [-0.3, -0.25) is 0 Å². The number of aromatic nitrogens is 2. The average Bonchev–Trinajstić information content (AvgIpc) is 2.43. The quantitative estimate of drug-likeness (QED) is 0.827. The molecule has 0 radical (unpaired) electrons. The van der Waals surface area contributed by atoms with Crippen molar-refractivity contribution in [1.29, 1.82) is 0 Å². The summed E-state index contributed by atoms with van der Waals surface area (Å²) in [5, 5.41) is 6.96. The molecule has 2 N–H and O–H groups in total. The van der Waals surface area contributed by atoms with E-state index >= 15 is 0 Å². The van der Waals surface area contributed by atoms with Crippen LogP contribution in [0, 0.1) is 0 Å². The summed E-state index contributed by atoms with van der Waals surface area (Å²) in [6.45, 7) is 4.13. The van der Waals surface area contributed by atoms with Crippen LogP contribution in [0.25, 0.3) is 0 Å². The monoisotopic (exact) mass is 354 g/mol. The molecule has 0 saturated heterocycles. The van der Waals surface area contributed by atoms with Gasteiger partial charge in [-0.15, -0.1) is 0 Å². The van der Waals surface area contributed by atoms with E-state index in [0.717, 1.165) is 27.6 Å². The SMILES string of the molecule is CNc1cc(Nc2cccc(Cl)c2Br)nc(C(C)C)n1. The van der Waals surface area contributed by atoms with Crippen LogP contribution >= 0.6 is 27.5 Å². The van der Waals surface area contributed by atoms with Gasteiger partial charge in [-0.25, -0.2) is 9.97 Å². The van der Waals surface area contributed by atoms with E-state index in [4.69, 9.17) is 11.6 Å². The minimum atomic E-state index is 0.256. The van der Waals surface area contributed by atoms with Crippen LogP contribution in [0.1, 0.15) is 25.6 Å². The lowest BCUT2D eigenvalue weighted by atomic mass is 10.2. The van der Waals surface area contributed by atoms with Crippen molar-refractivity contribution in [2.75, 3.05) is 17.7 Å². The molecule has 20 heavy (non-hydrogen) atoms. The summed E-state index contributed by atoms with van der Waals surface area (Å²) in [5.74, 6) is 2.56. The summed E-state index contributed by atoms with van der Waals surface area (Å²) in [6.07, 6.45) is 0. The average molecular weight is 356 g/mol. The molecule has 0 amide bonds. The molecule has 1 heterocycles. The first kappa shape index (κ1) is 15.1. The maximum atomic E-state index is 6.09. The zero-order valence-electron chi connectivity index (χ0n) is 11.5. The van der Waals surface area contributed by atoms with Gasteiger partial charge >= 0.3 is 0 Å². The van der Waals surface area contributed by atoms with E-state index in [9.17, 15) is 0 Å². The lowest BCUT2D eigenvalue weighted by Gasteiger charge is -2.13. The zero-order chi connectivity index (χ0) is 14.7. The molecule has 2 rings (SSSR count). The molecule has 0 atom stereocenters. The van der Waals surface area contributed by atoms with E-state index in [2.05, 4.69) is 50.4 Å². The molecule has 1 aromatic carbocycles. The molecule has 0 bridgehead atoms.